The lowest BCUT2D eigenvalue weighted by atomic mass is 9.82. The maximum Gasteiger partial charge on any atom is 0.189 e. The van der Waals surface area contributed by atoms with Crippen LogP contribution in [-0.4, -0.2) is 43.6 Å². The fourth-order valence-electron chi connectivity index (χ4n) is 3.92. The molecular formula is C24H27N5O3. The Labute approximate surface area is 186 Å². The quantitative estimate of drug-likeness (QED) is 0.522. The summed E-state index contributed by atoms with van der Waals surface area (Å²) >= 11 is 0. The SMILES string of the molecule is C[C@H]1O[C@@H](c2ccncc2CC(=O)c2nc(-c3ccccc3)cnc2N)C[C@@H](N)[C@]1(C)O. The number of nitrogens with two attached hydrogens (primary N) is 2. The molecule has 0 aliphatic carbocycles. The van der Waals surface area contributed by atoms with E-state index in [1.165, 1.54) is 0 Å². The van der Waals surface area contributed by atoms with Gasteiger partial charge in [-0.2, -0.15) is 0 Å². The number of nitrogens with zero attached hydrogens (tertiary/aromatic N) is 3. The molecule has 3 heterocycles. The molecule has 3 aromatic rings. The average Bonchev–Trinajstić information content (AvgIpc) is 2.78. The van der Waals surface area contributed by atoms with Crippen molar-refractivity contribution >= 4 is 11.6 Å². The van der Waals surface area contributed by atoms with Crippen LogP contribution in [0.3, 0.4) is 0 Å². The summed E-state index contributed by atoms with van der Waals surface area (Å²) in [6.45, 7) is 3.47. The van der Waals surface area contributed by atoms with Crippen molar-refractivity contribution in [3.05, 3.63) is 71.8 Å². The number of rotatable bonds is 5. The van der Waals surface area contributed by atoms with Crippen molar-refractivity contribution in [3.8, 4) is 11.3 Å². The van der Waals surface area contributed by atoms with E-state index in [0.717, 1.165) is 11.1 Å². The van der Waals surface area contributed by atoms with E-state index in [0.29, 0.717) is 17.7 Å². The fourth-order valence-corrected chi connectivity index (χ4v) is 3.92. The topological polar surface area (TPSA) is 137 Å². The van der Waals surface area contributed by atoms with Crippen molar-refractivity contribution in [2.75, 3.05) is 5.73 Å². The number of hydrogen-bond donors (Lipinski definition) is 3. The minimum Gasteiger partial charge on any atom is -0.386 e. The molecule has 1 aliphatic heterocycles. The summed E-state index contributed by atoms with van der Waals surface area (Å²) in [5.41, 5.74) is 14.2. The maximum atomic E-state index is 13.2. The maximum absolute atomic E-state index is 13.2. The number of benzene rings is 1. The van der Waals surface area contributed by atoms with E-state index >= 15 is 0 Å². The molecule has 0 saturated carbocycles. The Morgan fingerprint density at radius 1 is 1.25 bits per heavy atom. The minimum atomic E-state index is -1.12. The molecule has 8 heteroatoms. The smallest absolute Gasteiger partial charge is 0.189 e. The number of aliphatic hydroxyl groups is 1. The largest absolute Gasteiger partial charge is 0.386 e. The highest BCUT2D eigenvalue weighted by Crippen LogP contribution is 2.37. The highest BCUT2D eigenvalue weighted by Gasteiger charge is 2.43. The van der Waals surface area contributed by atoms with Gasteiger partial charge in [0, 0.05) is 30.4 Å². The summed E-state index contributed by atoms with van der Waals surface area (Å²) in [6, 6.07) is 10.8. The lowest BCUT2D eigenvalue weighted by Crippen LogP contribution is -2.58. The number of nitrogen functional groups attached to an aromatic ring is 1. The van der Waals surface area contributed by atoms with E-state index in [-0.39, 0.29) is 29.8 Å². The van der Waals surface area contributed by atoms with Gasteiger partial charge in [0.05, 0.1) is 24.1 Å². The molecular weight excluding hydrogens is 406 g/mol. The van der Waals surface area contributed by atoms with Gasteiger partial charge in [-0.05, 0) is 37.5 Å². The molecule has 32 heavy (non-hydrogen) atoms. The number of aromatic nitrogens is 3. The van der Waals surface area contributed by atoms with Crippen LogP contribution in [0, 0.1) is 0 Å². The second kappa shape index (κ2) is 8.74. The number of carbonyl (C=O) groups excluding carboxylic acids is 1. The molecule has 0 radical (unpaired) electrons. The molecule has 4 rings (SSSR count). The molecule has 0 bridgehead atoms. The monoisotopic (exact) mass is 433 g/mol. The zero-order valence-electron chi connectivity index (χ0n) is 18.1. The van der Waals surface area contributed by atoms with Crippen LogP contribution in [0.5, 0.6) is 0 Å². The summed E-state index contributed by atoms with van der Waals surface area (Å²) in [7, 11) is 0. The molecule has 2 aromatic heterocycles. The number of ether oxygens (including phenoxy) is 1. The summed E-state index contributed by atoms with van der Waals surface area (Å²) in [4.78, 5) is 26.0. The van der Waals surface area contributed by atoms with Crippen molar-refractivity contribution in [1.82, 2.24) is 15.0 Å². The van der Waals surface area contributed by atoms with Gasteiger partial charge >= 0.3 is 0 Å². The van der Waals surface area contributed by atoms with Gasteiger partial charge in [0.1, 0.15) is 11.3 Å². The fraction of sp³-hybridized carbons (Fsp3) is 0.333. The van der Waals surface area contributed by atoms with E-state index < -0.39 is 17.7 Å². The van der Waals surface area contributed by atoms with Crippen molar-refractivity contribution in [1.29, 1.82) is 0 Å². The molecule has 0 unspecified atom stereocenters. The standard InChI is InChI=1S/C24H27N5O3/c1-14-24(2,31)21(25)11-20(32-14)17-8-9-27-12-16(17)10-19(30)22-23(26)28-13-18(29-22)15-6-4-3-5-7-15/h3-9,12-14,20-21,31H,10-11,25H2,1-2H3,(H2,26,28)/t14-,20-,21-,24-/m1/s1. The number of Topliss-reactive ketones (excluding diaryl/α,β-unsaturated/α-hetero) is 1. The number of carbonyl (C=O) groups is 1. The second-order valence-corrected chi connectivity index (χ2v) is 8.36. The Morgan fingerprint density at radius 2 is 2.00 bits per heavy atom. The summed E-state index contributed by atoms with van der Waals surface area (Å²) in [6.07, 6.45) is 4.50. The molecule has 166 valence electrons. The van der Waals surface area contributed by atoms with E-state index in [1.54, 1.807) is 32.4 Å². The highest BCUT2D eigenvalue weighted by molar-refractivity contribution is 5.99. The van der Waals surface area contributed by atoms with Gasteiger partial charge < -0.3 is 21.3 Å². The van der Waals surface area contributed by atoms with Crippen LogP contribution in [-0.2, 0) is 11.2 Å². The van der Waals surface area contributed by atoms with Crippen LogP contribution < -0.4 is 11.5 Å². The van der Waals surface area contributed by atoms with Crippen LogP contribution in [0.25, 0.3) is 11.3 Å². The lowest BCUT2D eigenvalue weighted by Gasteiger charge is -2.44. The molecule has 0 amide bonds. The molecule has 1 aliphatic rings. The Balaban J connectivity index is 1.61. The summed E-state index contributed by atoms with van der Waals surface area (Å²) in [5, 5.41) is 10.5. The van der Waals surface area contributed by atoms with Crippen LogP contribution in [0.2, 0.25) is 0 Å². The molecule has 0 spiro atoms. The van der Waals surface area contributed by atoms with E-state index in [1.807, 2.05) is 36.4 Å². The van der Waals surface area contributed by atoms with E-state index in [9.17, 15) is 9.90 Å². The Kier molecular flexibility index (Phi) is 6.01. The van der Waals surface area contributed by atoms with Crippen LogP contribution in [0.4, 0.5) is 5.82 Å². The second-order valence-electron chi connectivity index (χ2n) is 8.36. The number of ketones is 1. The van der Waals surface area contributed by atoms with Gasteiger partial charge in [0.25, 0.3) is 0 Å². The predicted molar refractivity (Wildman–Crippen MR) is 121 cm³/mol. The number of pyridine rings is 1. The summed E-state index contributed by atoms with van der Waals surface area (Å²) < 4.78 is 6.06. The Morgan fingerprint density at radius 3 is 2.72 bits per heavy atom. The third kappa shape index (κ3) is 4.25. The van der Waals surface area contributed by atoms with Crippen molar-refractivity contribution < 1.29 is 14.6 Å². The lowest BCUT2D eigenvalue weighted by molar-refractivity contribution is -0.171. The Bertz CT molecular complexity index is 1110. The predicted octanol–water partition coefficient (Wildman–Crippen LogP) is 2.47. The third-order valence-electron chi connectivity index (χ3n) is 6.18. The Hall–Kier alpha value is -3.20. The first kappa shape index (κ1) is 22.0. The van der Waals surface area contributed by atoms with Crippen LogP contribution in [0.1, 0.15) is 48.0 Å². The minimum absolute atomic E-state index is 0.0418. The third-order valence-corrected chi connectivity index (χ3v) is 6.18. The zero-order valence-corrected chi connectivity index (χ0v) is 18.1. The molecule has 1 saturated heterocycles. The van der Waals surface area contributed by atoms with Crippen molar-refractivity contribution in [2.24, 2.45) is 5.73 Å². The molecule has 1 aromatic carbocycles. The van der Waals surface area contributed by atoms with Crippen LogP contribution >= 0.6 is 0 Å². The van der Waals surface area contributed by atoms with Crippen LogP contribution in [0.15, 0.2) is 55.0 Å². The molecule has 8 nitrogen and oxygen atoms in total. The molecule has 4 atom stereocenters. The van der Waals surface area contributed by atoms with Gasteiger partial charge in [-0.1, -0.05) is 30.3 Å². The summed E-state index contributed by atoms with van der Waals surface area (Å²) in [5.74, 6) is -0.178. The molecule has 5 N–H and O–H groups in total. The normalized spacial score (nSPS) is 25.4. The van der Waals surface area contributed by atoms with E-state index in [2.05, 4.69) is 15.0 Å². The zero-order chi connectivity index (χ0) is 22.9. The van der Waals surface area contributed by atoms with Gasteiger partial charge in [0.15, 0.2) is 11.6 Å². The number of hydrogen-bond acceptors (Lipinski definition) is 8. The first-order valence-corrected chi connectivity index (χ1v) is 10.5. The number of anilines is 1. The molecule has 1 fully saturated rings. The van der Waals surface area contributed by atoms with Crippen molar-refractivity contribution in [2.45, 2.75) is 50.5 Å². The average molecular weight is 434 g/mol. The highest BCUT2D eigenvalue weighted by atomic mass is 16.5. The van der Waals surface area contributed by atoms with Crippen molar-refractivity contribution in [3.63, 3.8) is 0 Å². The first-order chi connectivity index (χ1) is 15.3. The van der Waals surface area contributed by atoms with Gasteiger partial charge in [-0.3, -0.25) is 9.78 Å². The van der Waals surface area contributed by atoms with E-state index in [4.69, 9.17) is 16.2 Å². The first-order valence-electron chi connectivity index (χ1n) is 10.5. The van der Waals surface area contributed by atoms with Gasteiger partial charge in [-0.15, -0.1) is 0 Å². The van der Waals surface area contributed by atoms with Gasteiger partial charge in [0.2, 0.25) is 0 Å². The van der Waals surface area contributed by atoms with Gasteiger partial charge in [-0.25, -0.2) is 9.97 Å².